The monoisotopic (exact) mass is 370 g/mol. The largest absolute Gasteiger partial charge is 0.378 e. The maximum absolute atomic E-state index is 14.1. The molecule has 0 unspecified atom stereocenters. The highest BCUT2D eigenvalue weighted by atomic mass is 19.1. The van der Waals surface area contributed by atoms with Crippen molar-refractivity contribution in [3.63, 3.8) is 0 Å². The molecule has 2 fully saturated rings. The van der Waals surface area contributed by atoms with Crippen molar-refractivity contribution < 1.29 is 13.9 Å². The van der Waals surface area contributed by atoms with Crippen molar-refractivity contribution >= 4 is 17.5 Å². The van der Waals surface area contributed by atoms with Crippen LogP contribution in [-0.4, -0.2) is 37.3 Å². The lowest BCUT2D eigenvalue weighted by Crippen LogP contribution is -2.39. The predicted molar refractivity (Wildman–Crippen MR) is 101 cm³/mol. The third-order valence-electron chi connectivity index (χ3n) is 5.15. The molecule has 142 valence electrons. The topological polar surface area (TPSA) is 66.5 Å². The third kappa shape index (κ3) is 3.73. The van der Waals surface area contributed by atoms with Crippen molar-refractivity contribution in [2.45, 2.75) is 25.3 Å². The molecule has 0 bridgehead atoms. The van der Waals surface area contributed by atoms with E-state index in [-0.39, 0.29) is 11.8 Å². The lowest BCUT2D eigenvalue weighted by atomic mass is 10.0. The lowest BCUT2D eigenvalue weighted by molar-refractivity contribution is 0.122. The number of carbonyl (C=O) groups is 1. The van der Waals surface area contributed by atoms with E-state index in [1.54, 1.807) is 18.2 Å². The van der Waals surface area contributed by atoms with Crippen LogP contribution in [0.1, 0.15) is 24.1 Å². The highest BCUT2D eigenvalue weighted by molar-refractivity contribution is 5.90. The molecule has 27 heavy (non-hydrogen) atoms. The minimum absolute atomic E-state index is 0.289. The summed E-state index contributed by atoms with van der Waals surface area (Å²) in [4.78, 5) is 19.3. The van der Waals surface area contributed by atoms with Crippen LogP contribution in [0.25, 0.3) is 0 Å². The van der Waals surface area contributed by atoms with Crippen LogP contribution in [0.3, 0.4) is 0 Å². The summed E-state index contributed by atoms with van der Waals surface area (Å²) in [6.45, 7) is 4.88. The van der Waals surface area contributed by atoms with Gasteiger partial charge in [-0.15, -0.1) is 0 Å². The molecule has 0 atom stereocenters. The molecule has 2 N–H and O–H groups in total. The minimum Gasteiger partial charge on any atom is -0.378 e. The molecule has 4 rings (SSSR count). The molecule has 1 saturated carbocycles. The summed E-state index contributed by atoms with van der Waals surface area (Å²) in [6, 6.07) is 10.0. The zero-order valence-electron chi connectivity index (χ0n) is 15.3. The number of amides is 2. The molecule has 2 heterocycles. The van der Waals surface area contributed by atoms with Gasteiger partial charge in [-0.1, -0.05) is 18.2 Å². The molecule has 1 aliphatic heterocycles. The molecule has 6 nitrogen and oxygen atoms in total. The van der Waals surface area contributed by atoms with Gasteiger partial charge in [-0.3, -0.25) is 0 Å². The number of benzene rings is 1. The number of halogens is 1. The van der Waals surface area contributed by atoms with Crippen LogP contribution in [0.2, 0.25) is 0 Å². The van der Waals surface area contributed by atoms with E-state index in [0.717, 1.165) is 37.4 Å². The zero-order valence-corrected chi connectivity index (χ0v) is 15.3. The highest BCUT2D eigenvalue weighted by Crippen LogP contribution is 2.46. The Morgan fingerprint density at radius 1 is 1.19 bits per heavy atom. The zero-order chi connectivity index (χ0) is 18.9. The van der Waals surface area contributed by atoms with Crippen LogP contribution in [0.15, 0.2) is 36.4 Å². The van der Waals surface area contributed by atoms with Crippen molar-refractivity contribution in [1.29, 1.82) is 0 Å². The first-order chi connectivity index (χ1) is 13.1. The Hall–Kier alpha value is -2.67. The Morgan fingerprint density at radius 3 is 2.59 bits per heavy atom. The van der Waals surface area contributed by atoms with Gasteiger partial charge >= 0.3 is 6.03 Å². The summed E-state index contributed by atoms with van der Waals surface area (Å²) in [5.74, 6) is 0.592. The fourth-order valence-electron chi connectivity index (χ4n) is 3.46. The van der Waals surface area contributed by atoms with Gasteiger partial charge in [0.1, 0.15) is 11.6 Å². The number of hydrogen-bond acceptors (Lipinski definition) is 4. The SMILES string of the molecule is Cc1nc(N2CCOCC2)ccc1NC(=O)NC1(c2ccccc2F)CC1. The molecule has 2 aliphatic rings. The van der Waals surface area contributed by atoms with Crippen LogP contribution < -0.4 is 15.5 Å². The van der Waals surface area contributed by atoms with Gasteiger partial charge in [0, 0.05) is 18.7 Å². The van der Waals surface area contributed by atoms with Crippen molar-refractivity contribution in [3.05, 3.63) is 53.5 Å². The van der Waals surface area contributed by atoms with Gasteiger partial charge in [-0.25, -0.2) is 14.2 Å². The van der Waals surface area contributed by atoms with E-state index < -0.39 is 5.54 Å². The molecule has 2 aromatic rings. The molecular weight excluding hydrogens is 347 g/mol. The van der Waals surface area contributed by atoms with Crippen molar-refractivity contribution in [3.8, 4) is 0 Å². The van der Waals surface area contributed by atoms with Crippen molar-refractivity contribution in [1.82, 2.24) is 10.3 Å². The van der Waals surface area contributed by atoms with Crippen molar-refractivity contribution in [2.24, 2.45) is 0 Å². The third-order valence-corrected chi connectivity index (χ3v) is 5.15. The number of nitrogens with zero attached hydrogens (tertiary/aromatic N) is 2. The van der Waals surface area contributed by atoms with E-state index >= 15 is 0 Å². The number of urea groups is 1. The van der Waals surface area contributed by atoms with Crippen LogP contribution >= 0.6 is 0 Å². The van der Waals surface area contributed by atoms with E-state index in [1.807, 2.05) is 19.1 Å². The number of nitrogens with one attached hydrogen (secondary N) is 2. The summed E-state index contributed by atoms with van der Waals surface area (Å²) in [6.07, 6.45) is 1.46. The fourth-order valence-corrected chi connectivity index (χ4v) is 3.46. The van der Waals surface area contributed by atoms with Crippen LogP contribution in [-0.2, 0) is 10.3 Å². The van der Waals surface area contributed by atoms with E-state index in [2.05, 4.69) is 20.5 Å². The van der Waals surface area contributed by atoms with Crippen LogP contribution in [0.5, 0.6) is 0 Å². The first-order valence-corrected chi connectivity index (χ1v) is 9.22. The Bertz CT molecular complexity index is 848. The molecule has 1 saturated heterocycles. The van der Waals surface area contributed by atoms with E-state index in [0.29, 0.717) is 24.5 Å². The number of carbonyl (C=O) groups excluding carboxylic acids is 1. The molecule has 1 aliphatic carbocycles. The molecule has 0 spiro atoms. The van der Waals surface area contributed by atoms with E-state index in [1.165, 1.54) is 6.07 Å². The summed E-state index contributed by atoms with van der Waals surface area (Å²) in [5.41, 5.74) is 1.32. The van der Waals surface area contributed by atoms with Gasteiger partial charge < -0.3 is 20.3 Å². The van der Waals surface area contributed by atoms with Crippen molar-refractivity contribution in [2.75, 3.05) is 36.5 Å². The number of hydrogen-bond donors (Lipinski definition) is 2. The smallest absolute Gasteiger partial charge is 0.319 e. The number of aryl methyl sites for hydroxylation is 1. The molecule has 2 amide bonds. The fraction of sp³-hybridized carbons (Fsp3) is 0.400. The van der Waals surface area contributed by atoms with Gasteiger partial charge in [0.25, 0.3) is 0 Å². The van der Waals surface area contributed by atoms with Gasteiger partial charge in [0.05, 0.1) is 30.1 Å². The van der Waals surface area contributed by atoms with E-state index in [4.69, 9.17) is 4.74 Å². The summed E-state index contributed by atoms with van der Waals surface area (Å²) in [7, 11) is 0. The summed E-state index contributed by atoms with van der Waals surface area (Å²) >= 11 is 0. The Balaban J connectivity index is 1.43. The molecule has 1 aromatic heterocycles. The normalized spacial score (nSPS) is 18.1. The van der Waals surface area contributed by atoms with Gasteiger partial charge in [-0.2, -0.15) is 0 Å². The quantitative estimate of drug-likeness (QED) is 0.868. The average Bonchev–Trinajstić information content (AvgIpc) is 3.44. The predicted octanol–water partition coefficient (Wildman–Crippen LogP) is 3.18. The second kappa shape index (κ2) is 7.15. The molecule has 1 aromatic carbocycles. The number of morpholine rings is 1. The molecule has 7 heteroatoms. The van der Waals surface area contributed by atoms with Gasteiger partial charge in [0.2, 0.25) is 0 Å². The van der Waals surface area contributed by atoms with Gasteiger partial charge in [-0.05, 0) is 38.0 Å². The average molecular weight is 370 g/mol. The summed E-state index contributed by atoms with van der Waals surface area (Å²) in [5, 5.41) is 5.78. The summed E-state index contributed by atoms with van der Waals surface area (Å²) < 4.78 is 19.5. The standard InChI is InChI=1S/C20H23FN4O2/c1-14-17(6-7-18(22-14)25-10-12-27-13-11-25)23-19(26)24-20(8-9-20)15-4-2-3-5-16(15)21/h2-7H,8-13H2,1H3,(H2,23,24,26). The number of anilines is 2. The molecule has 0 radical (unpaired) electrons. The number of rotatable bonds is 4. The first kappa shape index (κ1) is 17.7. The Morgan fingerprint density at radius 2 is 1.93 bits per heavy atom. The second-order valence-electron chi connectivity index (χ2n) is 7.04. The van der Waals surface area contributed by atoms with Crippen LogP contribution in [0, 0.1) is 12.7 Å². The number of ether oxygens (including phenoxy) is 1. The first-order valence-electron chi connectivity index (χ1n) is 9.22. The maximum atomic E-state index is 14.1. The minimum atomic E-state index is -0.607. The molecular formula is C20H23FN4O2. The number of pyridine rings is 1. The van der Waals surface area contributed by atoms with Crippen LogP contribution in [0.4, 0.5) is 20.7 Å². The highest BCUT2D eigenvalue weighted by Gasteiger charge is 2.47. The Kier molecular flexibility index (Phi) is 4.70. The maximum Gasteiger partial charge on any atom is 0.319 e. The lowest BCUT2D eigenvalue weighted by Gasteiger charge is -2.28. The Labute approximate surface area is 157 Å². The second-order valence-corrected chi connectivity index (χ2v) is 7.04. The van der Waals surface area contributed by atoms with Gasteiger partial charge in [0.15, 0.2) is 0 Å². The number of aromatic nitrogens is 1. The van der Waals surface area contributed by atoms with E-state index in [9.17, 15) is 9.18 Å².